The van der Waals surface area contributed by atoms with E-state index in [0.717, 1.165) is 88.2 Å². The van der Waals surface area contributed by atoms with Gasteiger partial charge >= 0.3 is 12.2 Å². The van der Waals surface area contributed by atoms with Crippen LogP contribution in [0.15, 0.2) is 48.5 Å². The molecule has 0 aromatic heterocycles. The van der Waals surface area contributed by atoms with Crippen molar-refractivity contribution in [3.05, 3.63) is 69.7 Å². The van der Waals surface area contributed by atoms with Crippen LogP contribution >= 0.6 is 23.2 Å². The SMILES string of the molecule is CC[C@@H](c1ccc(Cl)cc1)N1CCC2(CCC(O)CC2)OC1=O.CC[C@@H](c1ccc(Cl)cc1)N1CCC2(CCC(O)CC2)OC1=O. The van der Waals surface area contributed by atoms with E-state index in [0.29, 0.717) is 23.1 Å². The fourth-order valence-electron chi connectivity index (χ4n) is 7.59. The maximum atomic E-state index is 12.6. The molecule has 0 bridgehead atoms. The van der Waals surface area contributed by atoms with Crippen LogP contribution < -0.4 is 0 Å². The molecule has 2 spiro atoms. The summed E-state index contributed by atoms with van der Waals surface area (Å²) in [5.41, 5.74) is 1.46. The Labute approximate surface area is 282 Å². The molecule has 0 radical (unpaired) electrons. The van der Waals surface area contributed by atoms with Crippen molar-refractivity contribution in [2.24, 2.45) is 0 Å². The fraction of sp³-hybridized carbons (Fsp3) is 0.611. The van der Waals surface area contributed by atoms with Gasteiger partial charge in [-0.25, -0.2) is 9.59 Å². The highest BCUT2D eigenvalue weighted by atomic mass is 35.5. The standard InChI is InChI=1S/2C18H24ClNO3/c2*1-2-16(13-3-5-14(19)6-4-13)20-12-11-18(23-17(20)22)9-7-15(21)8-10-18/h2*3-6,15-16,21H,2,7-12H2,1H3/t2*15?,16-,18?/m00/s1. The van der Waals surface area contributed by atoms with Crippen molar-refractivity contribution in [3.63, 3.8) is 0 Å². The third-order valence-electron chi connectivity index (χ3n) is 10.5. The lowest BCUT2D eigenvalue weighted by Crippen LogP contribution is -2.52. The maximum Gasteiger partial charge on any atom is 0.410 e. The van der Waals surface area contributed by atoms with Gasteiger partial charge in [0.05, 0.1) is 24.3 Å². The van der Waals surface area contributed by atoms with Crippen molar-refractivity contribution in [2.75, 3.05) is 13.1 Å². The number of aliphatic hydroxyl groups excluding tert-OH is 2. The van der Waals surface area contributed by atoms with Gasteiger partial charge in [0.1, 0.15) is 11.2 Å². The molecule has 2 aliphatic carbocycles. The first-order valence-electron chi connectivity index (χ1n) is 16.9. The lowest BCUT2D eigenvalue weighted by atomic mass is 9.80. The van der Waals surface area contributed by atoms with E-state index in [2.05, 4.69) is 13.8 Å². The summed E-state index contributed by atoms with van der Waals surface area (Å²) in [6.45, 7) is 5.56. The smallest absolute Gasteiger partial charge is 0.410 e. The molecule has 8 nitrogen and oxygen atoms in total. The summed E-state index contributed by atoms with van der Waals surface area (Å²) in [5.74, 6) is 0. The Morgan fingerprint density at radius 3 is 1.26 bits per heavy atom. The van der Waals surface area contributed by atoms with Gasteiger partial charge in [0.2, 0.25) is 0 Å². The monoisotopic (exact) mass is 674 g/mol. The second-order valence-corrected chi connectivity index (χ2v) is 14.3. The average Bonchev–Trinajstić information content (AvgIpc) is 3.05. The first-order valence-corrected chi connectivity index (χ1v) is 17.7. The molecule has 2 atom stereocenters. The molecule has 4 fully saturated rings. The van der Waals surface area contributed by atoms with E-state index in [1.807, 2.05) is 58.3 Å². The maximum absolute atomic E-state index is 12.6. The van der Waals surface area contributed by atoms with Crippen LogP contribution in [0.2, 0.25) is 10.0 Å². The minimum atomic E-state index is -0.356. The van der Waals surface area contributed by atoms with E-state index >= 15 is 0 Å². The Morgan fingerprint density at radius 2 is 0.978 bits per heavy atom. The molecule has 2 heterocycles. The molecule has 0 unspecified atom stereocenters. The number of hydrogen-bond donors (Lipinski definition) is 2. The third kappa shape index (κ3) is 8.12. The van der Waals surface area contributed by atoms with Crippen LogP contribution in [-0.4, -0.2) is 68.7 Å². The second-order valence-electron chi connectivity index (χ2n) is 13.4. The Kier molecular flexibility index (Phi) is 11.5. The van der Waals surface area contributed by atoms with Crippen molar-refractivity contribution in [2.45, 2.75) is 126 Å². The minimum absolute atomic E-state index is 0.0197. The van der Waals surface area contributed by atoms with E-state index in [4.69, 9.17) is 32.7 Å². The normalized spacial score (nSPS) is 29.4. The molecule has 10 heteroatoms. The summed E-state index contributed by atoms with van der Waals surface area (Å²) in [4.78, 5) is 28.9. The van der Waals surface area contributed by atoms with Gasteiger partial charge in [-0.15, -0.1) is 0 Å². The van der Waals surface area contributed by atoms with Crippen LogP contribution in [0.4, 0.5) is 9.59 Å². The Balaban J connectivity index is 0.000000181. The summed E-state index contributed by atoms with van der Waals surface area (Å²) in [5, 5.41) is 20.8. The number of ether oxygens (including phenoxy) is 2. The van der Waals surface area contributed by atoms with E-state index in [1.165, 1.54) is 0 Å². The molecule has 4 aliphatic rings. The number of carbonyl (C=O) groups excluding carboxylic acids is 2. The van der Waals surface area contributed by atoms with Gasteiger partial charge in [-0.3, -0.25) is 0 Å². The van der Waals surface area contributed by atoms with E-state index in [-0.39, 0.29) is 47.7 Å². The van der Waals surface area contributed by atoms with E-state index < -0.39 is 0 Å². The van der Waals surface area contributed by atoms with Crippen molar-refractivity contribution >= 4 is 35.4 Å². The Morgan fingerprint density at radius 1 is 0.652 bits per heavy atom. The summed E-state index contributed by atoms with van der Waals surface area (Å²) in [6.07, 6.45) is 8.39. The van der Waals surface area contributed by atoms with Crippen molar-refractivity contribution < 1.29 is 29.3 Å². The summed E-state index contributed by atoms with van der Waals surface area (Å²) >= 11 is 11.9. The highest BCUT2D eigenvalue weighted by Gasteiger charge is 2.45. The summed E-state index contributed by atoms with van der Waals surface area (Å²) in [7, 11) is 0. The largest absolute Gasteiger partial charge is 0.443 e. The highest BCUT2D eigenvalue weighted by molar-refractivity contribution is 6.30. The fourth-order valence-corrected chi connectivity index (χ4v) is 7.84. The zero-order valence-corrected chi connectivity index (χ0v) is 28.5. The van der Waals surface area contributed by atoms with Crippen molar-refractivity contribution in [1.29, 1.82) is 0 Å². The van der Waals surface area contributed by atoms with E-state index in [1.54, 1.807) is 0 Å². The van der Waals surface area contributed by atoms with Crippen molar-refractivity contribution in [3.8, 4) is 0 Å². The number of halogens is 2. The third-order valence-corrected chi connectivity index (χ3v) is 11.0. The highest BCUT2D eigenvalue weighted by Crippen LogP contribution is 2.42. The molecule has 6 rings (SSSR count). The van der Waals surface area contributed by atoms with Crippen molar-refractivity contribution in [1.82, 2.24) is 9.80 Å². The number of benzene rings is 2. The summed E-state index contributed by atoms with van der Waals surface area (Å²) < 4.78 is 11.7. The first kappa shape index (κ1) is 34.8. The lowest BCUT2D eigenvalue weighted by Gasteiger charge is -2.46. The molecular weight excluding hydrogens is 627 g/mol. The number of hydrogen-bond acceptors (Lipinski definition) is 6. The topological polar surface area (TPSA) is 99.5 Å². The first-order chi connectivity index (χ1) is 22.1. The van der Waals surface area contributed by atoms with Gasteiger partial charge in [-0.05, 0) is 99.6 Å². The predicted molar refractivity (Wildman–Crippen MR) is 179 cm³/mol. The van der Waals surface area contributed by atoms with Gasteiger partial charge in [0.25, 0.3) is 0 Å². The minimum Gasteiger partial charge on any atom is -0.443 e. The molecule has 2 amide bonds. The second kappa shape index (κ2) is 15.1. The number of aliphatic hydroxyl groups is 2. The molecular formula is C36H48Cl2N2O6. The van der Waals surface area contributed by atoms with E-state index in [9.17, 15) is 19.8 Å². The van der Waals surface area contributed by atoms with Crippen LogP contribution in [0, 0.1) is 0 Å². The lowest BCUT2D eigenvalue weighted by molar-refractivity contribution is -0.0923. The molecule has 2 N–H and O–H groups in total. The molecule has 2 saturated carbocycles. The van der Waals surface area contributed by atoms with Gasteiger partial charge in [0, 0.05) is 36.0 Å². The molecule has 252 valence electrons. The Hall–Kier alpha value is -2.52. The molecule has 2 aliphatic heterocycles. The predicted octanol–water partition coefficient (Wildman–Crippen LogP) is 8.61. The van der Waals surface area contributed by atoms with Gasteiger partial charge < -0.3 is 29.5 Å². The summed E-state index contributed by atoms with van der Waals surface area (Å²) in [6, 6.07) is 15.4. The van der Waals surface area contributed by atoms with Gasteiger partial charge in [-0.1, -0.05) is 61.3 Å². The number of carbonyl (C=O) groups is 2. The zero-order valence-electron chi connectivity index (χ0n) is 27.0. The number of nitrogens with zero attached hydrogens (tertiary/aromatic N) is 2. The van der Waals surface area contributed by atoms with Crippen LogP contribution in [0.5, 0.6) is 0 Å². The van der Waals surface area contributed by atoms with Gasteiger partial charge in [0.15, 0.2) is 0 Å². The van der Waals surface area contributed by atoms with Crippen LogP contribution in [0.3, 0.4) is 0 Å². The quantitative estimate of drug-likeness (QED) is 0.318. The van der Waals surface area contributed by atoms with Crippen LogP contribution in [0.25, 0.3) is 0 Å². The van der Waals surface area contributed by atoms with Crippen LogP contribution in [-0.2, 0) is 9.47 Å². The van der Waals surface area contributed by atoms with Crippen LogP contribution in [0.1, 0.15) is 114 Å². The zero-order chi connectivity index (χ0) is 32.9. The number of amides is 2. The molecule has 2 saturated heterocycles. The van der Waals surface area contributed by atoms with Gasteiger partial charge in [-0.2, -0.15) is 0 Å². The number of rotatable bonds is 6. The Bertz CT molecular complexity index is 1210. The molecule has 2 aromatic carbocycles. The molecule has 2 aromatic rings. The molecule has 46 heavy (non-hydrogen) atoms. The average molecular weight is 676 g/mol.